The Kier molecular flexibility index (Phi) is 6.51. The van der Waals surface area contributed by atoms with Crippen molar-refractivity contribution in [1.29, 1.82) is 0 Å². The van der Waals surface area contributed by atoms with Gasteiger partial charge in [-0.05, 0) is 18.2 Å². The molecule has 1 aromatic carbocycles. The molecule has 0 bridgehead atoms. The number of aliphatic hydroxyl groups excluding tert-OH is 1. The molecule has 22 heavy (non-hydrogen) atoms. The van der Waals surface area contributed by atoms with E-state index >= 15 is 0 Å². The fourth-order valence-electron chi connectivity index (χ4n) is 1.92. The van der Waals surface area contributed by atoms with E-state index in [4.69, 9.17) is 27.9 Å². The number of ether oxygens (including phenoxy) is 1. The van der Waals surface area contributed by atoms with Crippen molar-refractivity contribution in [2.24, 2.45) is 7.05 Å². The number of aryl methyl sites for hydroxylation is 1. The number of hydrogen-bond donors (Lipinski definition) is 2. The van der Waals surface area contributed by atoms with E-state index in [9.17, 15) is 5.11 Å². The van der Waals surface area contributed by atoms with Gasteiger partial charge in [0, 0.05) is 37.8 Å². The van der Waals surface area contributed by atoms with E-state index in [0.29, 0.717) is 22.3 Å². The molecule has 0 radical (unpaired) electrons. The maximum Gasteiger partial charge on any atom is 0.138 e. The van der Waals surface area contributed by atoms with Gasteiger partial charge in [-0.1, -0.05) is 23.2 Å². The molecule has 120 valence electrons. The number of benzene rings is 1. The highest BCUT2D eigenvalue weighted by molar-refractivity contribution is 6.35. The fraction of sp³-hybridized carbons (Fsp3) is 0.400. The molecule has 0 spiro atoms. The first-order valence-corrected chi connectivity index (χ1v) is 7.73. The van der Waals surface area contributed by atoms with Crippen LogP contribution < -0.4 is 10.1 Å². The summed E-state index contributed by atoms with van der Waals surface area (Å²) in [6, 6.07) is 4.99. The minimum atomic E-state index is -0.615. The van der Waals surface area contributed by atoms with Gasteiger partial charge in [0.1, 0.15) is 18.5 Å². The smallest absolute Gasteiger partial charge is 0.138 e. The van der Waals surface area contributed by atoms with Crippen molar-refractivity contribution in [2.75, 3.05) is 19.7 Å². The van der Waals surface area contributed by atoms with Crippen LogP contribution in [0.5, 0.6) is 5.75 Å². The summed E-state index contributed by atoms with van der Waals surface area (Å²) in [5.74, 6) is 0.513. The molecular formula is C15H19Cl2N3O2. The van der Waals surface area contributed by atoms with Gasteiger partial charge in [0.25, 0.3) is 0 Å². The van der Waals surface area contributed by atoms with Crippen LogP contribution in [-0.4, -0.2) is 40.5 Å². The van der Waals surface area contributed by atoms with Crippen molar-refractivity contribution in [2.45, 2.75) is 12.5 Å². The number of rotatable bonds is 8. The van der Waals surface area contributed by atoms with Gasteiger partial charge in [0.2, 0.25) is 0 Å². The summed E-state index contributed by atoms with van der Waals surface area (Å²) >= 11 is 11.8. The predicted octanol–water partition coefficient (Wildman–Crippen LogP) is 2.30. The van der Waals surface area contributed by atoms with Crippen LogP contribution in [0.3, 0.4) is 0 Å². The molecular weight excluding hydrogens is 325 g/mol. The van der Waals surface area contributed by atoms with Crippen LogP contribution in [0.25, 0.3) is 0 Å². The standard InChI is InChI=1S/C15H19Cl2N3O2/c1-20-8-12(19-10-20)4-5-18-7-13(21)9-22-15-3-2-11(16)6-14(15)17/h2-3,6,8,10,13,18,21H,4-5,7,9H2,1H3. The zero-order valence-electron chi connectivity index (χ0n) is 12.3. The lowest BCUT2D eigenvalue weighted by molar-refractivity contribution is 0.107. The van der Waals surface area contributed by atoms with Gasteiger partial charge in [-0.2, -0.15) is 0 Å². The Morgan fingerprint density at radius 2 is 2.23 bits per heavy atom. The summed E-state index contributed by atoms with van der Waals surface area (Å²) in [6.45, 7) is 1.35. The number of aromatic nitrogens is 2. The van der Waals surface area contributed by atoms with E-state index in [0.717, 1.165) is 18.7 Å². The minimum absolute atomic E-state index is 0.165. The van der Waals surface area contributed by atoms with Crippen LogP contribution in [0.2, 0.25) is 10.0 Å². The summed E-state index contributed by atoms with van der Waals surface area (Å²) in [5.41, 5.74) is 1.02. The van der Waals surface area contributed by atoms with Crippen LogP contribution in [-0.2, 0) is 13.5 Å². The molecule has 2 N–H and O–H groups in total. The lowest BCUT2D eigenvalue weighted by atomic mass is 10.3. The number of hydrogen-bond acceptors (Lipinski definition) is 4. The molecule has 1 aromatic heterocycles. The summed E-state index contributed by atoms with van der Waals surface area (Å²) < 4.78 is 7.39. The van der Waals surface area contributed by atoms with Gasteiger partial charge in [0.15, 0.2) is 0 Å². The molecule has 0 aliphatic heterocycles. The highest BCUT2D eigenvalue weighted by atomic mass is 35.5. The molecule has 5 nitrogen and oxygen atoms in total. The average molecular weight is 344 g/mol. The normalized spacial score (nSPS) is 12.4. The molecule has 1 atom stereocenters. The molecule has 0 aliphatic carbocycles. The monoisotopic (exact) mass is 343 g/mol. The maximum atomic E-state index is 9.88. The topological polar surface area (TPSA) is 59.3 Å². The van der Waals surface area contributed by atoms with Crippen molar-refractivity contribution >= 4 is 23.2 Å². The SMILES string of the molecule is Cn1cnc(CCNCC(O)COc2ccc(Cl)cc2Cl)c1. The second kappa shape index (κ2) is 8.39. The molecule has 2 aromatic rings. The van der Waals surface area contributed by atoms with Crippen LogP contribution in [0, 0.1) is 0 Å². The zero-order valence-corrected chi connectivity index (χ0v) is 13.8. The summed E-state index contributed by atoms with van der Waals surface area (Å²) in [5, 5.41) is 14.0. The lowest BCUT2D eigenvalue weighted by Crippen LogP contribution is -2.32. The van der Waals surface area contributed by atoms with Gasteiger partial charge >= 0.3 is 0 Å². The fourth-order valence-corrected chi connectivity index (χ4v) is 2.38. The van der Waals surface area contributed by atoms with Crippen LogP contribution in [0.4, 0.5) is 0 Å². The Morgan fingerprint density at radius 1 is 1.41 bits per heavy atom. The van der Waals surface area contributed by atoms with E-state index in [1.807, 2.05) is 17.8 Å². The average Bonchev–Trinajstić information content (AvgIpc) is 2.88. The molecule has 0 fully saturated rings. The van der Waals surface area contributed by atoms with Gasteiger partial charge in [-0.25, -0.2) is 4.98 Å². The summed E-state index contributed by atoms with van der Waals surface area (Å²) in [4.78, 5) is 4.24. The lowest BCUT2D eigenvalue weighted by Gasteiger charge is -2.14. The molecule has 0 saturated heterocycles. The van der Waals surface area contributed by atoms with Crippen LogP contribution in [0.15, 0.2) is 30.7 Å². The highest BCUT2D eigenvalue weighted by Gasteiger charge is 2.08. The van der Waals surface area contributed by atoms with E-state index in [1.165, 1.54) is 0 Å². The third kappa shape index (κ3) is 5.50. The molecule has 1 heterocycles. The largest absolute Gasteiger partial charge is 0.489 e. The van der Waals surface area contributed by atoms with Crippen molar-refractivity contribution in [3.05, 3.63) is 46.5 Å². The van der Waals surface area contributed by atoms with E-state index in [1.54, 1.807) is 24.5 Å². The Balaban J connectivity index is 1.64. The third-order valence-corrected chi connectivity index (χ3v) is 3.55. The van der Waals surface area contributed by atoms with Crippen molar-refractivity contribution in [3.63, 3.8) is 0 Å². The second-order valence-corrected chi connectivity index (χ2v) is 5.87. The number of nitrogens with zero attached hydrogens (tertiary/aromatic N) is 2. The van der Waals surface area contributed by atoms with Gasteiger partial charge in [-0.3, -0.25) is 0 Å². The first-order valence-electron chi connectivity index (χ1n) is 6.98. The molecule has 0 saturated carbocycles. The summed E-state index contributed by atoms with van der Waals surface area (Å²) in [6.07, 6.45) is 3.95. The molecule has 0 amide bonds. The number of halogens is 2. The molecule has 7 heteroatoms. The first-order chi connectivity index (χ1) is 10.5. The van der Waals surface area contributed by atoms with E-state index in [-0.39, 0.29) is 6.61 Å². The van der Waals surface area contributed by atoms with Crippen molar-refractivity contribution in [1.82, 2.24) is 14.9 Å². The third-order valence-electron chi connectivity index (χ3n) is 3.02. The van der Waals surface area contributed by atoms with Gasteiger partial charge in [0.05, 0.1) is 17.0 Å². The molecule has 0 aliphatic rings. The maximum absolute atomic E-state index is 9.88. The van der Waals surface area contributed by atoms with Crippen molar-refractivity contribution < 1.29 is 9.84 Å². The van der Waals surface area contributed by atoms with E-state index in [2.05, 4.69) is 10.3 Å². The quantitative estimate of drug-likeness (QED) is 0.722. The number of nitrogens with one attached hydrogen (secondary N) is 1. The van der Waals surface area contributed by atoms with E-state index < -0.39 is 6.10 Å². The number of imidazole rings is 1. The first kappa shape index (κ1) is 17.1. The highest BCUT2D eigenvalue weighted by Crippen LogP contribution is 2.27. The Bertz CT molecular complexity index is 604. The molecule has 1 unspecified atom stereocenters. The number of aliphatic hydroxyl groups is 1. The van der Waals surface area contributed by atoms with Crippen LogP contribution in [0.1, 0.15) is 5.69 Å². The summed E-state index contributed by atoms with van der Waals surface area (Å²) in [7, 11) is 1.94. The Morgan fingerprint density at radius 3 is 2.91 bits per heavy atom. The van der Waals surface area contributed by atoms with Gasteiger partial charge in [-0.15, -0.1) is 0 Å². The van der Waals surface area contributed by atoms with Crippen molar-refractivity contribution in [3.8, 4) is 5.75 Å². The minimum Gasteiger partial charge on any atom is -0.489 e. The van der Waals surface area contributed by atoms with Gasteiger partial charge < -0.3 is 19.7 Å². The zero-order chi connectivity index (χ0) is 15.9. The Labute approximate surface area is 139 Å². The predicted molar refractivity (Wildman–Crippen MR) is 87.7 cm³/mol. The Hall–Kier alpha value is -1.27. The van der Waals surface area contributed by atoms with Crippen LogP contribution >= 0.6 is 23.2 Å². The molecule has 2 rings (SSSR count). The second-order valence-electron chi connectivity index (χ2n) is 5.02.